The van der Waals surface area contributed by atoms with E-state index in [9.17, 15) is 4.79 Å². The van der Waals surface area contributed by atoms with Crippen molar-refractivity contribution in [3.05, 3.63) is 0 Å². The van der Waals surface area contributed by atoms with Crippen LogP contribution in [0.3, 0.4) is 0 Å². The summed E-state index contributed by atoms with van der Waals surface area (Å²) in [4.78, 5) is 10.7. The minimum absolute atomic E-state index is 0.346. The molecular weight excluding hydrogens is 166 g/mol. The molecule has 0 spiro atoms. The number of unbranched alkanes of at least 4 members (excludes halogenated alkanes) is 3. The monoisotopic (exact) mass is 187 g/mol. The normalized spacial score (nSPS) is 12.8. The first-order valence-electron chi connectivity index (χ1n) is 5.18. The molecule has 3 heteroatoms. The fraction of sp³-hybridized carbons (Fsp3) is 0.900. The maximum absolute atomic E-state index is 10.7. The number of carboxylic acid groups (broad SMARTS) is 1. The van der Waals surface area contributed by atoms with Crippen molar-refractivity contribution in [1.82, 2.24) is 5.32 Å². The second kappa shape index (κ2) is 8.05. The van der Waals surface area contributed by atoms with Gasteiger partial charge in [-0.05, 0) is 13.0 Å². The molecule has 0 aromatic heterocycles. The molecule has 0 unspecified atom stereocenters. The van der Waals surface area contributed by atoms with Crippen LogP contribution in [0.25, 0.3) is 0 Å². The number of carbonyl (C=O) groups is 1. The molecular formula is C10H21NO2. The van der Waals surface area contributed by atoms with Crippen molar-refractivity contribution >= 4 is 5.97 Å². The summed E-state index contributed by atoms with van der Waals surface area (Å²) in [5.41, 5.74) is 0. The van der Waals surface area contributed by atoms with Crippen LogP contribution in [0.5, 0.6) is 0 Å². The van der Waals surface area contributed by atoms with Gasteiger partial charge >= 0.3 is 5.97 Å². The molecule has 0 radical (unpaired) electrons. The Morgan fingerprint density at radius 3 is 2.46 bits per heavy atom. The average molecular weight is 187 g/mol. The van der Waals surface area contributed by atoms with Gasteiger partial charge in [-0.2, -0.15) is 0 Å². The zero-order valence-electron chi connectivity index (χ0n) is 8.68. The molecule has 2 N–H and O–H groups in total. The largest absolute Gasteiger partial charge is 0.480 e. The Kier molecular flexibility index (Phi) is 7.69. The average Bonchev–Trinajstić information content (AvgIpc) is 2.10. The molecule has 0 amide bonds. The van der Waals surface area contributed by atoms with Crippen LogP contribution < -0.4 is 5.32 Å². The molecule has 0 aliphatic heterocycles. The maximum atomic E-state index is 10.7. The molecule has 0 saturated heterocycles. The van der Waals surface area contributed by atoms with Crippen molar-refractivity contribution in [2.45, 2.75) is 52.0 Å². The van der Waals surface area contributed by atoms with Gasteiger partial charge in [0.2, 0.25) is 0 Å². The Bertz CT molecular complexity index is 137. The van der Waals surface area contributed by atoms with Gasteiger partial charge in [-0.15, -0.1) is 0 Å². The second-order valence-corrected chi connectivity index (χ2v) is 3.30. The molecule has 0 aromatic rings. The lowest BCUT2D eigenvalue weighted by Crippen LogP contribution is -2.36. The van der Waals surface area contributed by atoms with Gasteiger partial charge in [0.05, 0.1) is 0 Å². The summed E-state index contributed by atoms with van der Waals surface area (Å²) in [6.45, 7) is 4.81. The van der Waals surface area contributed by atoms with Crippen LogP contribution in [-0.2, 0) is 4.79 Å². The zero-order valence-corrected chi connectivity index (χ0v) is 8.68. The van der Waals surface area contributed by atoms with E-state index in [0.29, 0.717) is 0 Å². The topological polar surface area (TPSA) is 49.3 Å². The van der Waals surface area contributed by atoms with Gasteiger partial charge in [0, 0.05) is 0 Å². The Labute approximate surface area is 80.5 Å². The number of carboxylic acids is 1. The molecule has 13 heavy (non-hydrogen) atoms. The highest BCUT2D eigenvalue weighted by Crippen LogP contribution is 2.05. The number of aliphatic carboxylic acids is 1. The van der Waals surface area contributed by atoms with E-state index in [1.54, 1.807) is 0 Å². The summed E-state index contributed by atoms with van der Waals surface area (Å²) in [6, 6.07) is -0.346. The molecule has 0 aliphatic carbocycles. The third-order valence-corrected chi connectivity index (χ3v) is 2.09. The molecule has 0 bridgehead atoms. The van der Waals surface area contributed by atoms with Gasteiger partial charge in [-0.25, -0.2) is 0 Å². The fourth-order valence-corrected chi connectivity index (χ4v) is 1.33. The lowest BCUT2D eigenvalue weighted by Gasteiger charge is -2.12. The minimum Gasteiger partial charge on any atom is -0.480 e. The van der Waals surface area contributed by atoms with Gasteiger partial charge < -0.3 is 10.4 Å². The van der Waals surface area contributed by atoms with Crippen molar-refractivity contribution in [3.63, 3.8) is 0 Å². The lowest BCUT2D eigenvalue weighted by atomic mass is 10.1. The Morgan fingerprint density at radius 1 is 1.31 bits per heavy atom. The van der Waals surface area contributed by atoms with E-state index in [2.05, 4.69) is 12.2 Å². The van der Waals surface area contributed by atoms with Crippen molar-refractivity contribution < 1.29 is 9.90 Å². The first kappa shape index (κ1) is 12.4. The Hall–Kier alpha value is -0.570. The fourth-order valence-electron chi connectivity index (χ4n) is 1.33. The van der Waals surface area contributed by atoms with E-state index < -0.39 is 5.97 Å². The zero-order chi connectivity index (χ0) is 10.1. The Morgan fingerprint density at radius 2 is 2.00 bits per heavy atom. The molecule has 0 fully saturated rings. The van der Waals surface area contributed by atoms with Gasteiger partial charge in [-0.3, -0.25) is 4.79 Å². The van der Waals surface area contributed by atoms with Gasteiger partial charge in [0.1, 0.15) is 6.04 Å². The summed E-state index contributed by atoms with van der Waals surface area (Å²) in [5.74, 6) is -0.724. The van der Waals surface area contributed by atoms with Gasteiger partial charge in [0.25, 0.3) is 0 Å². The molecule has 0 heterocycles. The summed E-state index contributed by atoms with van der Waals surface area (Å²) in [5, 5.41) is 11.8. The molecule has 0 rings (SSSR count). The van der Waals surface area contributed by atoms with E-state index >= 15 is 0 Å². The van der Waals surface area contributed by atoms with Gasteiger partial charge in [0.15, 0.2) is 0 Å². The van der Waals surface area contributed by atoms with Crippen LogP contribution in [0.1, 0.15) is 46.0 Å². The third kappa shape index (κ3) is 6.58. The lowest BCUT2D eigenvalue weighted by molar-refractivity contribution is -0.139. The van der Waals surface area contributed by atoms with Crippen molar-refractivity contribution in [2.24, 2.45) is 0 Å². The predicted molar refractivity (Wildman–Crippen MR) is 53.9 cm³/mol. The maximum Gasteiger partial charge on any atom is 0.320 e. The molecule has 1 atom stereocenters. The predicted octanol–water partition coefficient (Wildman–Crippen LogP) is 2.02. The first-order chi connectivity index (χ1) is 6.22. The summed E-state index contributed by atoms with van der Waals surface area (Å²) >= 11 is 0. The highest BCUT2D eigenvalue weighted by molar-refractivity contribution is 5.73. The van der Waals surface area contributed by atoms with Crippen LogP contribution in [0.2, 0.25) is 0 Å². The van der Waals surface area contributed by atoms with Crippen molar-refractivity contribution in [2.75, 3.05) is 6.54 Å². The van der Waals surface area contributed by atoms with Crippen LogP contribution in [0, 0.1) is 0 Å². The first-order valence-corrected chi connectivity index (χ1v) is 5.18. The van der Waals surface area contributed by atoms with E-state index in [1.165, 1.54) is 12.8 Å². The quantitative estimate of drug-likeness (QED) is 0.571. The number of rotatable bonds is 8. The van der Waals surface area contributed by atoms with E-state index in [-0.39, 0.29) is 6.04 Å². The van der Waals surface area contributed by atoms with Crippen LogP contribution in [0.15, 0.2) is 0 Å². The van der Waals surface area contributed by atoms with Crippen LogP contribution in [0.4, 0.5) is 0 Å². The van der Waals surface area contributed by atoms with Crippen molar-refractivity contribution in [1.29, 1.82) is 0 Å². The summed E-state index contributed by atoms with van der Waals surface area (Å²) in [7, 11) is 0. The molecule has 0 aliphatic rings. The highest BCUT2D eigenvalue weighted by atomic mass is 16.4. The molecule has 0 aromatic carbocycles. The highest BCUT2D eigenvalue weighted by Gasteiger charge is 2.14. The number of hydrogen-bond acceptors (Lipinski definition) is 2. The number of likely N-dealkylation sites (N-methyl/N-ethyl adjacent to an activating group) is 1. The van der Waals surface area contributed by atoms with Crippen LogP contribution >= 0.6 is 0 Å². The number of hydrogen-bond donors (Lipinski definition) is 2. The third-order valence-electron chi connectivity index (χ3n) is 2.09. The summed E-state index contributed by atoms with van der Waals surface area (Å²) in [6.07, 6.45) is 5.31. The second-order valence-electron chi connectivity index (χ2n) is 3.30. The number of nitrogens with one attached hydrogen (secondary N) is 1. The molecule has 78 valence electrons. The minimum atomic E-state index is -0.724. The molecule has 3 nitrogen and oxygen atoms in total. The van der Waals surface area contributed by atoms with E-state index in [1.807, 2.05) is 6.92 Å². The van der Waals surface area contributed by atoms with Crippen molar-refractivity contribution in [3.8, 4) is 0 Å². The SMILES string of the molecule is CCCCCC[C@@H](NCC)C(=O)O. The van der Waals surface area contributed by atoms with Gasteiger partial charge in [-0.1, -0.05) is 39.5 Å². The van der Waals surface area contributed by atoms with E-state index in [0.717, 1.165) is 25.8 Å². The van der Waals surface area contributed by atoms with Crippen LogP contribution in [-0.4, -0.2) is 23.7 Å². The standard InChI is InChI=1S/C10H21NO2/c1-3-5-6-7-8-9(10(12)13)11-4-2/h9,11H,3-8H2,1-2H3,(H,12,13)/t9-/m1/s1. The summed E-state index contributed by atoms with van der Waals surface area (Å²) < 4.78 is 0. The smallest absolute Gasteiger partial charge is 0.320 e. The van der Waals surface area contributed by atoms with E-state index in [4.69, 9.17) is 5.11 Å². The Balaban J connectivity index is 3.51. The molecule has 0 saturated carbocycles.